The highest BCUT2D eigenvalue weighted by atomic mass is 16.5. The number of imide groups is 1. The highest BCUT2D eigenvalue weighted by Crippen LogP contribution is 2.53. The number of nitrogens with zero attached hydrogens (tertiary/aromatic N) is 1. The van der Waals surface area contributed by atoms with Gasteiger partial charge in [0.15, 0.2) is 6.10 Å². The molecular formula is C25H21NO5. The van der Waals surface area contributed by atoms with Crippen LogP contribution in [0.3, 0.4) is 0 Å². The van der Waals surface area contributed by atoms with Crippen LogP contribution in [-0.4, -0.2) is 29.7 Å². The molecule has 3 aliphatic rings. The third kappa shape index (κ3) is 3.10. The third-order valence-electron chi connectivity index (χ3n) is 6.54. The first kappa shape index (κ1) is 19.4. The van der Waals surface area contributed by atoms with Crippen LogP contribution in [0.15, 0.2) is 66.7 Å². The SMILES string of the molecule is C[C@H](OC(=O)c1ccc(N2C(=O)[C@H]3[C@H](C2=O)[C@H]2C=C[C@H]3C2)cc1)C(=O)c1ccccc1. The maximum Gasteiger partial charge on any atom is 0.338 e. The number of anilines is 1. The van der Waals surface area contributed by atoms with Crippen molar-refractivity contribution in [2.75, 3.05) is 4.90 Å². The molecule has 1 heterocycles. The number of carbonyl (C=O) groups excluding carboxylic acids is 4. The van der Waals surface area contributed by atoms with Crippen molar-refractivity contribution in [3.05, 3.63) is 77.9 Å². The van der Waals surface area contributed by atoms with E-state index in [-0.39, 0.29) is 46.8 Å². The highest BCUT2D eigenvalue weighted by molar-refractivity contribution is 6.22. The molecule has 0 unspecified atom stereocenters. The minimum absolute atomic E-state index is 0.148. The number of allylic oxidation sites excluding steroid dienone is 2. The predicted molar refractivity (Wildman–Crippen MR) is 112 cm³/mol. The van der Waals surface area contributed by atoms with Crippen molar-refractivity contribution >= 4 is 29.3 Å². The van der Waals surface area contributed by atoms with Gasteiger partial charge in [-0.3, -0.25) is 19.3 Å². The van der Waals surface area contributed by atoms with Crippen molar-refractivity contribution in [1.82, 2.24) is 0 Å². The quantitative estimate of drug-likeness (QED) is 0.324. The largest absolute Gasteiger partial charge is 0.451 e. The van der Waals surface area contributed by atoms with Gasteiger partial charge in [-0.2, -0.15) is 0 Å². The zero-order chi connectivity index (χ0) is 21.7. The fraction of sp³-hybridized carbons (Fsp3) is 0.280. The van der Waals surface area contributed by atoms with Gasteiger partial charge >= 0.3 is 5.97 Å². The van der Waals surface area contributed by atoms with Crippen LogP contribution >= 0.6 is 0 Å². The Labute approximate surface area is 179 Å². The topological polar surface area (TPSA) is 80.8 Å². The molecule has 1 saturated carbocycles. The van der Waals surface area contributed by atoms with Crippen molar-refractivity contribution in [2.24, 2.45) is 23.7 Å². The Morgan fingerprint density at radius 1 is 0.871 bits per heavy atom. The average Bonchev–Trinajstić information content (AvgIpc) is 3.47. The van der Waals surface area contributed by atoms with Gasteiger partial charge in [0, 0.05) is 5.56 Å². The molecule has 2 aromatic carbocycles. The first-order chi connectivity index (χ1) is 15.0. The number of amides is 2. The number of ether oxygens (including phenoxy) is 1. The molecule has 1 saturated heterocycles. The summed E-state index contributed by atoms with van der Waals surface area (Å²) in [6.07, 6.45) is 4.05. The van der Waals surface area contributed by atoms with Gasteiger partial charge in [-0.05, 0) is 49.4 Å². The van der Waals surface area contributed by atoms with E-state index in [2.05, 4.69) is 12.2 Å². The van der Waals surface area contributed by atoms with E-state index in [1.165, 1.54) is 24.0 Å². The lowest BCUT2D eigenvalue weighted by atomic mass is 9.85. The smallest absolute Gasteiger partial charge is 0.338 e. The molecule has 0 radical (unpaired) electrons. The van der Waals surface area contributed by atoms with Crippen LogP contribution in [0.4, 0.5) is 5.69 Å². The molecule has 5 rings (SSSR count). The fourth-order valence-electron chi connectivity index (χ4n) is 5.02. The zero-order valence-corrected chi connectivity index (χ0v) is 16.9. The van der Waals surface area contributed by atoms with E-state index in [1.807, 2.05) is 0 Å². The number of hydrogen-bond acceptors (Lipinski definition) is 5. The van der Waals surface area contributed by atoms with Crippen molar-refractivity contribution in [2.45, 2.75) is 19.4 Å². The number of fused-ring (bicyclic) bond motifs is 5. The van der Waals surface area contributed by atoms with Gasteiger partial charge in [0.2, 0.25) is 17.6 Å². The molecule has 6 heteroatoms. The van der Waals surface area contributed by atoms with Crippen molar-refractivity contribution < 1.29 is 23.9 Å². The van der Waals surface area contributed by atoms with E-state index in [9.17, 15) is 19.2 Å². The second-order valence-corrected chi connectivity index (χ2v) is 8.34. The van der Waals surface area contributed by atoms with E-state index in [4.69, 9.17) is 4.74 Å². The summed E-state index contributed by atoms with van der Waals surface area (Å²) in [7, 11) is 0. The number of ketones is 1. The molecule has 0 spiro atoms. The normalized spacial score (nSPS) is 26.8. The van der Waals surface area contributed by atoms with Crippen molar-refractivity contribution in [3.63, 3.8) is 0 Å². The Balaban J connectivity index is 1.28. The number of carbonyl (C=O) groups is 4. The Morgan fingerprint density at radius 3 is 2.03 bits per heavy atom. The van der Waals surface area contributed by atoms with Crippen LogP contribution in [0.25, 0.3) is 0 Å². The number of Topliss-reactive ketones (excluding diaryl/α,β-unsaturated/α-hetero) is 1. The summed E-state index contributed by atoms with van der Waals surface area (Å²) in [5.74, 6) is -1.48. The molecule has 2 amide bonds. The molecule has 1 aliphatic heterocycles. The lowest BCUT2D eigenvalue weighted by molar-refractivity contribution is -0.123. The third-order valence-corrected chi connectivity index (χ3v) is 6.54. The van der Waals surface area contributed by atoms with Crippen LogP contribution in [0.5, 0.6) is 0 Å². The summed E-state index contributed by atoms with van der Waals surface area (Å²) in [5, 5.41) is 0. The monoisotopic (exact) mass is 415 g/mol. The van der Waals surface area contributed by atoms with E-state index >= 15 is 0 Å². The first-order valence-electron chi connectivity index (χ1n) is 10.4. The van der Waals surface area contributed by atoms with Gasteiger partial charge in [0.25, 0.3) is 0 Å². The minimum atomic E-state index is -0.932. The molecule has 2 fully saturated rings. The summed E-state index contributed by atoms with van der Waals surface area (Å²) in [6.45, 7) is 1.53. The molecule has 2 aliphatic carbocycles. The lowest BCUT2D eigenvalue weighted by Gasteiger charge is -2.18. The van der Waals surface area contributed by atoms with Gasteiger partial charge in [-0.25, -0.2) is 4.79 Å². The summed E-state index contributed by atoms with van der Waals surface area (Å²) in [6, 6.07) is 14.8. The second-order valence-electron chi connectivity index (χ2n) is 8.34. The first-order valence-corrected chi connectivity index (χ1v) is 10.4. The van der Waals surface area contributed by atoms with Crippen molar-refractivity contribution in [1.29, 1.82) is 0 Å². The van der Waals surface area contributed by atoms with Gasteiger partial charge in [0.05, 0.1) is 23.1 Å². The molecule has 2 aromatic rings. The van der Waals surface area contributed by atoms with Gasteiger partial charge in [0.1, 0.15) is 0 Å². The number of rotatable bonds is 5. The number of esters is 1. The van der Waals surface area contributed by atoms with E-state index < -0.39 is 12.1 Å². The zero-order valence-electron chi connectivity index (χ0n) is 16.9. The fourth-order valence-corrected chi connectivity index (χ4v) is 5.02. The van der Waals surface area contributed by atoms with E-state index in [0.29, 0.717) is 11.3 Å². The van der Waals surface area contributed by atoms with E-state index in [0.717, 1.165) is 6.42 Å². The Bertz CT molecular complexity index is 1070. The van der Waals surface area contributed by atoms with Gasteiger partial charge < -0.3 is 4.74 Å². The molecule has 156 valence electrons. The van der Waals surface area contributed by atoms with Crippen LogP contribution < -0.4 is 4.90 Å². The van der Waals surface area contributed by atoms with Crippen LogP contribution in [0.2, 0.25) is 0 Å². The Morgan fingerprint density at radius 2 is 1.45 bits per heavy atom. The average molecular weight is 415 g/mol. The minimum Gasteiger partial charge on any atom is -0.451 e. The summed E-state index contributed by atoms with van der Waals surface area (Å²) in [5.41, 5.74) is 1.17. The summed E-state index contributed by atoms with van der Waals surface area (Å²) < 4.78 is 5.31. The maximum atomic E-state index is 12.9. The maximum absolute atomic E-state index is 12.9. The van der Waals surface area contributed by atoms with Crippen molar-refractivity contribution in [3.8, 4) is 0 Å². The summed E-state index contributed by atoms with van der Waals surface area (Å²) in [4.78, 5) is 51.9. The Kier molecular flexibility index (Phi) is 4.58. The van der Waals surface area contributed by atoms with E-state index in [1.54, 1.807) is 42.5 Å². The second kappa shape index (κ2) is 7.30. The molecule has 6 nitrogen and oxygen atoms in total. The molecule has 5 atom stereocenters. The molecule has 2 bridgehead atoms. The van der Waals surface area contributed by atoms with Crippen LogP contribution in [0.1, 0.15) is 34.1 Å². The molecule has 0 aromatic heterocycles. The molecule has 0 N–H and O–H groups in total. The van der Waals surface area contributed by atoms with Crippen LogP contribution in [-0.2, 0) is 14.3 Å². The number of hydrogen-bond donors (Lipinski definition) is 0. The number of benzene rings is 2. The standard InChI is InChI=1S/C25H21NO5/c1-14(22(27)15-5-3-2-4-6-15)31-25(30)16-9-11-19(12-10-16)26-23(28)20-17-7-8-18(13-17)21(20)24(26)29/h2-12,14,17-18,20-21H,13H2,1H3/t14-,17-,18-,20+,21+/m0/s1. The lowest BCUT2D eigenvalue weighted by Crippen LogP contribution is -2.32. The summed E-state index contributed by atoms with van der Waals surface area (Å²) >= 11 is 0. The van der Waals surface area contributed by atoms with Crippen LogP contribution in [0, 0.1) is 23.7 Å². The highest BCUT2D eigenvalue weighted by Gasteiger charge is 2.59. The predicted octanol–water partition coefficient (Wildman–Crippen LogP) is 3.43. The molecule has 31 heavy (non-hydrogen) atoms. The van der Waals surface area contributed by atoms with Gasteiger partial charge in [-0.1, -0.05) is 42.5 Å². The molecular weight excluding hydrogens is 394 g/mol. The Hall–Kier alpha value is -3.54. The van der Waals surface area contributed by atoms with Gasteiger partial charge in [-0.15, -0.1) is 0 Å².